The van der Waals surface area contributed by atoms with E-state index in [1.54, 1.807) is 0 Å². The van der Waals surface area contributed by atoms with E-state index in [1.807, 2.05) is 25.7 Å². The standard InChI is InChI=1S/C12H20ClN3S2/c1-8-12(13)10(16(3)15-8)6-9(14-2)11-7-17-4-5-18-11/h9,11,14H,4-7H2,1-3H3. The minimum Gasteiger partial charge on any atom is -0.315 e. The fraction of sp³-hybridized carbons (Fsp3) is 0.750. The number of hydrogen-bond donors (Lipinski definition) is 1. The monoisotopic (exact) mass is 305 g/mol. The van der Waals surface area contributed by atoms with Gasteiger partial charge in [-0.3, -0.25) is 4.68 Å². The summed E-state index contributed by atoms with van der Waals surface area (Å²) >= 11 is 10.5. The van der Waals surface area contributed by atoms with E-state index in [0.717, 1.165) is 22.8 Å². The Balaban J connectivity index is 2.09. The molecule has 2 unspecified atom stereocenters. The van der Waals surface area contributed by atoms with Crippen LogP contribution in [0.2, 0.25) is 5.02 Å². The minimum atomic E-state index is 0.468. The third-order valence-electron chi connectivity index (χ3n) is 3.34. The van der Waals surface area contributed by atoms with E-state index >= 15 is 0 Å². The molecule has 102 valence electrons. The molecule has 1 saturated heterocycles. The van der Waals surface area contributed by atoms with Gasteiger partial charge < -0.3 is 5.32 Å². The molecule has 2 heterocycles. The molecule has 6 heteroatoms. The Morgan fingerprint density at radius 1 is 1.56 bits per heavy atom. The second-order valence-corrected chi connectivity index (χ2v) is 7.43. The van der Waals surface area contributed by atoms with Crippen LogP contribution in [0.15, 0.2) is 0 Å². The topological polar surface area (TPSA) is 29.9 Å². The lowest BCUT2D eigenvalue weighted by Crippen LogP contribution is -2.41. The van der Waals surface area contributed by atoms with Crippen LogP contribution in [-0.2, 0) is 13.5 Å². The SMILES string of the molecule is CNC(Cc1c(Cl)c(C)nn1C)C1CSCCS1. The fourth-order valence-corrected chi connectivity index (χ4v) is 5.43. The van der Waals surface area contributed by atoms with Crippen molar-refractivity contribution in [3.05, 3.63) is 16.4 Å². The Morgan fingerprint density at radius 3 is 2.83 bits per heavy atom. The number of likely N-dealkylation sites (N-methyl/N-ethyl adjacent to an activating group) is 1. The van der Waals surface area contributed by atoms with Crippen LogP contribution in [0.5, 0.6) is 0 Å². The van der Waals surface area contributed by atoms with Gasteiger partial charge in [0.05, 0.1) is 16.4 Å². The Hall–Kier alpha value is 0.160. The van der Waals surface area contributed by atoms with Gasteiger partial charge in [-0.15, -0.1) is 0 Å². The number of halogens is 1. The van der Waals surface area contributed by atoms with Crippen LogP contribution in [0, 0.1) is 6.92 Å². The van der Waals surface area contributed by atoms with Crippen LogP contribution in [0.3, 0.4) is 0 Å². The van der Waals surface area contributed by atoms with Crippen LogP contribution in [0.4, 0.5) is 0 Å². The third-order valence-corrected chi connectivity index (χ3v) is 6.75. The molecule has 0 aliphatic carbocycles. The predicted molar refractivity (Wildman–Crippen MR) is 83.1 cm³/mol. The second-order valence-electron chi connectivity index (χ2n) is 4.55. The number of hydrogen-bond acceptors (Lipinski definition) is 4. The first-order valence-electron chi connectivity index (χ1n) is 6.18. The van der Waals surface area contributed by atoms with Gasteiger partial charge in [0.2, 0.25) is 0 Å². The summed E-state index contributed by atoms with van der Waals surface area (Å²) in [7, 11) is 4.02. The fourth-order valence-electron chi connectivity index (χ4n) is 2.27. The number of thioether (sulfide) groups is 2. The number of nitrogens with zero attached hydrogens (tertiary/aromatic N) is 2. The maximum Gasteiger partial charge on any atom is 0.0847 e. The van der Waals surface area contributed by atoms with E-state index < -0.39 is 0 Å². The van der Waals surface area contributed by atoms with Gasteiger partial charge >= 0.3 is 0 Å². The quantitative estimate of drug-likeness (QED) is 0.925. The van der Waals surface area contributed by atoms with Crippen LogP contribution in [0.25, 0.3) is 0 Å². The van der Waals surface area contributed by atoms with Crippen molar-refractivity contribution in [1.29, 1.82) is 0 Å². The first-order chi connectivity index (χ1) is 8.63. The smallest absolute Gasteiger partial charge is 0.0847 e. The zero-order chi connectivity index (χ0) is 13.1. The highest BCUT2D eigenvalue weighted by atomic mass is 35.5. The summed E-state index contributed by atoms with van der Waals surface area (Å²) in [6.45, 7) is 1.96. The molecular formula is C12H20ClN3S2. The molecule has 3 nitrogen and oxygen atoms in total. The highest BCUT2D eigenvalue weighted by molar-refractivity contribution is 8.06. The molecule has 0 aromatic carbocycles. The zero-order valence-corrected chi connectivity index (χ0v) is 13.5. The van der Waals surface area contributed by atoms with E-state index in [1.165, 1.54) is 17.3 Å². The predicted octanol–water partition coefficient (Wildman–Crippen LogP) is 2.36. The summed E-state index contributed by atoms with van der Waals surface area (Å²) in [5.74, 6) is 3.76. The molecule has 1 aliphatic heterocycles. The average Bonchev–Trinajstić information content (AvgIpc) is 2.62. The molecule has 1 fully saturated rings. The normalized spacial score (nSPS) is 22.1. The molecule has 0 radical (unpaired) electrons. The number of aromatic nitrogens is 2. The van der Waals surface area contributed by atoms with Gasteiger partial charge in [0.1, 0.15) is 0 Å². The number of aryl methyl sites for hydroxylation is 2. The van der Waals surface area contributed by atoms with Crippen molar-refractivity contribution >= 4 is 35.1 Å². The van der Waals surface area contributed by atoms with Crippen molar-refractivity contribution in [2.24, 2.45) is 7.05 Å². The maximum atomic E-state index is 6.33. The molecule has 0 amide bonds. The van der Waals surface area contributed by atoms with Gasteiger partial charge in [0, 0.05) is 42.0 Å². The van der Waals surface area contributed by atoms with E-state index in [2.05, 4.69) is 33.9 Å². The van der Waals surface area contributed by atoms with Gasteiger partial charge in [0.25, 0.3) is 0 Å². The number of rotatable bonds is 4. The van der Waals surface area contributed by atoms with Gasteiger partial charge in [-0.25, -0.2) is 0 Å². The number of nitrogens with one attached hydrogen (secondary N) is 1. The molecule has 1 N–H and O–H groups in total. The molecule has 2 atom stereocenters. The highest BCUT2D eigenvalue weighted by Gasteiger charge is 2.25. The van der Waals surface area contributed by atoms with E-state index in [9.17, 15) is 0 Å². The summed E-state index contributed by atoms with van der Waals surface area (Å²) in [5.41, 5.74) is 2.07. The van der Waals surface area contributed by atoms with Crippen molar-refractivity contribution < 1.29 is 0 Å². The lowest BCUT2D eigenvalue weighted by Gasteiger charge is -2.29. The van der Waals surface area contributed by atoms with E-state index in [0.29, 0.717) is 11.3 Å². The molecule has 1 aromatic rings. The van der Waals surface area contributed by atoms with Crippen molar-refractivity contribution in [2.45, 2.75) is 24.6 Å². The Bertz CT molecular complexity index is 402. The first kappa shape index (κ1) is 14.6. The Morgan fingerprint density at radius 2 is 2.33 bits per heavy atom. The third kappa shape index (κ3) is 3.18. The van der Waals surface area contributed by atoms with Crippen LogP contribution in [-0.4, -0.2) is 45.4 Å². The molecule has 1 aliphatic rings. The molecule has 0 saturated carbocycles. The molecule has 0 bridgehead atoms. The van der Waals surface area contributed by atoms with Crippen LogP contribution in [0.1, 0.15) is 11.4 Å². The largest absolute Gasteiger partial charge is 0.315 e. The van der Waals surface area contributed by atoms with Crippen molar-refractivity contribution in [3.63, 3.8) is 0 Å². The average molecular weight is 306 g/mol. The highest BCUT2D eigenvalue weighted by Crippen LogP contribution is 2.29. The van der Waals surface area contributed by atoms with Gasteiger partial charge in [-0.05, 0) is 14.0 Å². The van der Waals surface area contributed by atoms with E-state index in [4.69, 9.17) is 11.6 Å². The van der Waals surface area contributed by atoms with Gasteiger partial charge in [-0.2, -0.15) is 28.6 Å². The van der Waals surface area contributed by atoms with Gasteiger partial charge in [0.15, 0.2) is 0 Å². The summed E-state index contributed by atoms with van der Waals surface area (Å²) in [6, 6.07) is 0.468. The van der Waals surface area contributed by atoms with Crippen molar-refractivity contribution in [2.75, 3.05) is 24.3 Å². The molecule has 18 heavy (non-hydrogen) atoms. The van der Waals surface area contributed by atoms with E-state index in [-0.39, 0.29) is 0 Å². The zero-order valence-electron chi connectivity index (χ0n) is 11.1. The minimum absolute atomic E-state index is 0.468. The summed E-state index contributed by atoms with van der Waals surface area (Å²) in [4.78, 5) is 0. The van der Waals surface area contributed by atoms with Crippen molar-refractivity contribution in [3.8, 4) is 0 Å². The van der Waals surface area contributed by atoms with Crippen LogP contribution < -0.4 is 5.32 Å². The molecule has 0 spiro atoms. The Kier molecular flexibility index (Phi) is 5.30. The summed E-state index contributed by atoms with van der Waals surface area (Å²) < 4.78 is 1.92. The van der Waals surface area contributed by atoms with Crippen LogP contribution >= 0.6 is 35.1 Å². The van der Waals surface area contributed by atoms with Gasteiger partial charge in [-0.1, -0.05) is 11.6 Å². The summed E-state index contributed by atoms with van der Waals surface area (Å²) in [5, 5.41) is 9.33. The second kappa shape index (κ2) is 6.55. The Labute approximate surface area is 122 Å². The first-order valence-corrected chi connectivity index (χ1v) is 8.76. The maximum absolute atomic E-state index is 6.33. The lowest BCUT2D eigenvalue weighted by molar-refractivity contribution is 0.534. The molecular weight excluding hydrogens is 286 g/mol. The summed E-state index contributed by atoms with van der Waals surface area (Å²) in [6.07, 6.45) is 0.949. The molecule has 1 aromatic heterocycles. The lowest BCUT2D eigenvalue weighted by atomic mass is 10.1. The van der Waals surface area contributed by atoms with Crippen molar-refractivity contribution in [1.82, 2.24) is 15.1 Å². The molecule has 2 rings (SSSR count).